The minimum atomic E-state index is -2.32. The maximum absolute atomic E-state index is 12.9. The largest absolute Gasteiger partial charge is 0.348 e. The Hall–Kier alpha value is -1.87. The second-order valence-electron chi connectivity index (χ2n) is 7.43. The van der Waals surface area contributed by atoms with Crippen LogP contribution in [-0.2, 0) is 0 Å². The zero-order valence-electron chi connectivity index (χ0n) is 15.3. The quantitative estimate of drug-likeness (QED) is 0.728. The number of hydrogen-bond acceptors (Lipinski definition) is 4. The highest BCUT2D eigenvalue weighted by Gasteiger charge is 2.35. The number of rotatable bonds is 6. The summed E-state index contributed by atoms with van der Waals surface area (Å²) >= 11 is 3.42. The molecule has 1 N–H and O–H groups in total. The maximum Gasteiger partial charge on any atom is 0.274 e. The van der Waals surface area contributed by atoms with Gasteiger partial charge < -0.3 is 5.32 Å². The molecule has 1 aliphatic carbocycles. The Morgan fingerprint density at radius 1 is 1.18 bits per heavy atom. The number of carbonyl (C=O) groups is 1. The van der Waals surface area contributed by atoms with Crippen molar-refractivity contribution in [3.63, 3.8) is 0 Å². The van der Waals surface area contributed by atoms with Gasteiger partial charge in [0.05, 0.1) is 17.9 Å². The van der Waals surface area contributed by atoms with E-state index in [0.717, 1.165) is 28.7 Å². The average Bonchev–Trinajstić information content (AvgIpc) is 3.41. The van der Waals surface area contributed by atoms with Crippen LogP contribution in [0, 0.1) is 0 Å². The lowest BCUT2D eigenvalue weighted by molar-refractivity contribution is 0.0695. The molecule has 0 unspecified atom stereocenters. The third-order valence-electron chi connectivity index (χ3n) is 5.27. The van der Waals surface area contributed by atoms with Crippen LogP contribution in [0.2, 0.25) is 0 Å². The molecule has 1 saturated heterocycles. The van der Waals surface area contributed by atoms with E-state index in [1.165, 1.54) is 0 Å². The second kappa shape index (κ2) is 8.24. The Bertz CT molecular complexity index is 829. The van der Waals surface area contributed by atoms with Gasteiger partial charge in [-0.3, -0.25) is 9.69 Å². The molecule has 150 valence electrons. The van der Waals surface area contributed by atoms with Gasteiger partial charge in [-0.15, -0.1) is 5.10 Å². The molecule has 28 heavy (non-hydrogen) atoms. The predicted octanol–water partition coefficient (Wildman–Crippen LogP) is 3.37. The summed E-state index contributed by atoms with van der Waals surface area (Å²) in [5.74, 6) is 0.0739. The van der Waals surface area contributed by atoms with Crippen molar-refractivity contribution >= 4 is 21.8 Å². The van der Waals surface area contributed by atoms with Crippen molar-refractivity contribution in [2.75, 3.05) is 19.6 Å². The predicted molar refractivity (Wildman–Crippen MR) is 104 cm³/mol. The van der Waals surface area contributed by atoms with Crippen LogP contribution in [0.5, 0.6) is 0 Å². The van der Waals surface area contributed by atoms with Crippen molar-refractivity contribution in [2.45, 2.75) is 44.1 Å². The number of alkyl halides is 2. The summed E-state index contributed by atoms with van der Waals surface area (Å²) in [5.41, 5.74) is 2.10. The van der Waals surface area contributed by atoms with E-state index in [2.05, 4.69) is 31.6 Å². The lowest BCUT2D eigenvalue weighted by Gasteiger charge is -2.31. The fourth-order valence-electron chi connectivity index (χ4n) is 3.66. The van der Waals surface area contributed by atoms with Crippen molar-refractivity contribution in [1.29, 1.82) is 0 Å². The Balaban J connectivity index is 1.46. The van der Waals surface area contributed by atoms with Crippen LogP contribution in [0.1, 0.15) is 47.8 Å². The fourth-order valence-corrected chi connectivity index (χ4v) is 3.92. The van der Waals surface area contributed by atoms with Crippen LogP contribution in [0.4, 0.5) is 8.78 Å². The Kier molecular flexibility index (Phi) is 5.73. The number of hydrogen-bond donors (Lipinski definition) is 1. The molecule has 1 saturated carbocycles. The Labute approximate surface area is 170 Å². The molecule has 1 amide bonds. The molecule has 2 aromatic rings. The number of nitrogens with one attached hydrogen (secondary N) is 1. The number of likely N-dealkylation sites (tertiary alicyclic amines) is 1. The van der Waals surface area contributed by atoms with Crippen molar-refractivity contribution in [2.24, 2.45) is 0 Å². The highest BCUT2D eigenvalue weighted by Crippen LogP contribution is 2.42. The summed E-state index contributed by atoms with van der Waals surface area (Å²) in [6.07, 6.45) is 1.06. The molecule has 2 aliphatic rings. The minimum Gasteiger partial charge on any atom is -0.348 e. The number of nitrogens with zero attached hydrogens (tertiary/aromatic N) is 4. The molecular formula is C19H22BrF2N5O. The van der Waals surface area contributed by atoms with E-state index in [1.807, 2.05) is 24.3 Å². The Morgan fingerprint density at radius 2 is 1.86 bits per heavy atom. The Morgan fingerprint density at radius 3 is 2.46 bits per heavy atom. The molecule has 9 heteroatoms. The second-order valence-corrected chi connectivity index (χ2v) is 8.34. The van der Waals surface area contributed by atoms with Crippen LogP contribution in [-0.4, -0.2) is 57.9 Å². The third-order valence-corrected chi connectivity index (χ3v) is 5.80. The molecule has 1 aromatic heterocycles. The molecule has 1 aromatic carbocycles. The molecule has 2 fully saturated rings. The van der Waals surface area contributed by atoms with Gasteiger partial charge in [-0.25, -0.2) is 13.5 Å². The van der Waals surface area contributed by atoms with Gasteiger partial charge >= 0.3 is 0 Å². The van der Waals surface area contributed by atoms with Gasteiger partial charge in [-0.1, -0.05) is 21.1 Å². The van der Waals surface area contributed by atoms with Gasteiger partial charge in [0, 0.05) is 29.5 Å². The fraction of sp³-hybridized carbons (Fsp3) is 0.526. The average molecular weight is 454 g/mol. The molecule has 0 atom stereocenters. The highest BCUT2D eigenvalue weighted by molar-refractivity contribution is 9.10. The van der Waals surface area contributed by atoms with Gasteiger partial charge in [0.2, 0.25) is 0 Å². The van der Waals surface area contributed by atoms with Gasteiger partial charge in [-0.05, 0) is 49.9 Å². The van der Waals surface area contributed by atoms with Crippen molar-refractivity contribution in [3.05, 3.63) is 40.1 Å². The van der Waals surface area contributed by atoms with Crippen LogP contribution in [0.25, 0.3) is 5.69 Å². The van der Waals surface area contributed by atoms with Crippen molar-refractivity contribution in [1.82, 2.24) is 25.2 Å². The molecule has 0 spiro atoms. The van der Waals surface area contributed by atoms with E-state index in [1.54, 1.807) is 9.58 Å². The lowest BCUT2D eigenvalue weighted by Crippen LogP contribution is -2.46. The topological polar surface area (TPSA) is 63.1 Å². The summed E-state index contributed by atoms with van der Waals surface area (Å²) in [4.78, 5) is 14.6. The molecule has 6 nitrogen and oxygen atoms in total. The number of piperidine rings is 1. The molecular weight excluding hydrogens is 432 g/mol. The van der Waals surface area contributed by atoms with E-state index in [-0.39, 0.29) is 18.5 Å². The van der Waals surface area contributed by atoms with Gasteiger partial charge in [0.1, 0.15) is 0 Å². The van der Waals surface area contributed by atoms with Crippen LogP contribution < -0.4 is 5.32 Å². The summed E-state index contributed by atoms with van der Waals surface area (Å²) in [5, 5.41) is 11.4. The molecule has 1 aliphatic heterocycles. The van der Waals surface area contributed by atoms with Crippen LogP contribution >= 0.6 is 15.9 Å². The summed E-state index contributed by atoms with van der Waals surface area (Å²) < 4.78 is 27.7. The normalized spacial score (nSPS) is 18.6. The lowest BCUT2D eigenvalue weighted by atomic mass is 10.0. The van der Waals surface area contributed by atoms with E-state index >= 15 is 0 Å². The van der Waals surface area contributed by atoms with E-state index in [9.17, 15) is 13.6 Å². The van der Waals surface area contributed by atoms with Gasteiger partial charge in [-0.2, -0.15) is 0 Å². The number of amides is 1. The van der Waals surface area contributed by atoms with Gasteiger partial charge in [0.15, 0.2) is 5.69 Å². The number of halogens is 3. The van der Waals surface area contributed by atoms with Crippen molar-refractivity contribution in [3.8, 4) is 5.69 Å². The minimum absolute atomic E-state index is 0.0219. The zero-order chi connectivity index (χ0) is 19.7. The number of benzene rings is 1. The summed E-state index contributed by atoms with van der Waals surface area (Å²) in [7, 11) is 0. The summed E-state index contributed by atoms with van der Waals surface area (Å²) in [6, 6.07) is 7.71. The third kappa shape index (κ3) is 4.41. The number of carbonyl (C=O) groups excluding carboxylic acids is 1. The smallest absolute Gasteiger partial charge is 0.274 e. The number of aromatic nitrogens is 3. The van der Waals surface area contributed by atoms with E-state index in [4.69, 9.17) is 0 Å². The van der Waals surface area contributed by atoms with Crippen LogP contribution in [0.15, 0.2) is 28.7 Å². The first-order chi connectivity index (χ1) is 13.5. The van der Waals surface area contributed by atoms with Crippen LogP contribution in [0.3, 0.4) is 0 Å². The first-order valence-corrected chi connectivity index (χ1v) is 10.3. The zero-order valence-corrected chi connectivity index (χ0v) is 16.9. The maximum atomic E-state index is 12.9. The van der Waals surface area contributed by atoms with E-state index in [0.29, 0.717) is 37.5 Å². The SMILES string of the molecule is O=C(NC1CCN(CC(F)F)CC1)c1nnn(-c2ccc(Br)cc2)c1C1CC1. The first-order valence-electron chi connectivity index (χ1n) is 9.54. The highest BCUT2D eigenvalue weighted by atomic mass is 79.9. The standard InChI is InChI=1S/C19H22BrF2N5O/c20-13-3-5-15(6-4-13)27-18(12-1-2-12)17(24-25-27)19(28)23-14-7-9-26(10-8-14)11-16(21)22/h3-6,12,14,16H,1-2,7-11H2,(H,23,28). The summed E-state index contributed by atoms with van der Waals surface area (Å²) in [6.45, 7) is 0.931. The molecule has 2 heterocycles. The molecule has 0 bridgehead atoms. The molecule has 0 radical (unpaired) electrons. The first kappa shape index (κ1) is 19.4. The monoisotopic (exact) mass is 453 g/mol. The van der Waals surface area contributed by atoms with Gasteiger partial charge in [0.25, 0.3) is 12.3 Å². The van der Waals surface area contributed by atoms with E-state index < -0.39 is 6.43 Å². The molecule has 4 rings (SSSR count). The van der Waals surface area contributed by atoms with Crippen molar-refractivity contribution < 1.29 is 13.6 Å².